The normalized spacial score (nSPS) is 11.9. The molecular formula is C30H19N. The molecule has 0 bridgehead atoms. The monoisotopic (exact) mass is 393 g/mol. The first-order valence-electron chi connectivity index (χ1n) is 10.7. The zero-order valence-corrected chi connectivity index (χ0v) is 16.9. The van der Waals surface area contributed by atoms with E-state index in [-0.39, 0.29) is 0 Å². The van der Waals surface area contributed by atoms with E-state index in [9.17, 15) is 0 Å². The molecule has 0 radical (unpaired) electrons. The third-order valence-corrected chi connectivity index (χ3v) is 6.57. The van der Waals surface area contributed by atoms with Gasteiger partial charge in [-0.25, -0.2) is 0 Å². The van der Waals surface area contributed by atoms with E-state index in [4.69, 9.17) is 0 Å². The van der Waals surface area contributed by atoms with Gasteiger partial charge in [-0.15, -0.1) is 0 Å². The summed E-state index contributed by atoms with van der Waals surface area (Å²) in [5.41, 5.74) is 4.89. The van der Waals surface area contributed by atoms with Crippen molar-refractivity contribution in [3.63, 3.8) is 0 Å². The summed E-state index contributed by atoms with van der Waals surface area (Å²) in [6.45, 7) is 0. The number of para-hydroxylation sites is 1. The molecule has 7 rings (SSSR count). The quantitative estimate of drug-likeness (QED) is 0.269. The lowest BCUT2D eigenvalue weighted by atomic mass is 9.89. The summed E-state index contributed by atoms with van der Waals surface area (Å²) in [4.78, 5) is 3.66. The fraction of sp³-hybridized carbons (Fsp3) is 0. The van der Waals surface area contributed by atoms with Gasteiger partial charge < -0.3 is 4.98 Å². The maximum atomic E-state index is 3.66. The average Bonchev–Trinajstić information content (AvgIpc) is 3.22. The summed E-state index contributed by atoms with van der Waals surface area (Å²) in [5.74, 6) is 0. The Labute approximate surface area is 179 Å². The maximum Gasteiger partial charge on any atom is 0.0477 e. The standard InChI is InChI=1S/C30H19N/c1-2-8-19(9-3-1)26-18-28-30(24-12-6-7-13-27(24)31-28)25-17-16-22-21-11-5-4-10-20(21)14-15-23(22)29(25)26/h1-18,31H. The summed E-state index contributed by atoms with van der Waals surface area (Å²) in [7, 11) is 0. The van der Waals surface area contributed by atoms with Crippen molar-refractivity contribution in [2.45, 2.75) is 0 Å². The van der Waals surface area contributed by atoms with Crippen molar-refractivity contribution in [1.29, 1.82) is 0 Å². The van der Waals surface area contributed by atoms with Crippen molar-refractivity contribution >= 4 is 54.1 Å². The van der Waals surface area contributed by atoms with Gasteiger partial charge in [0.15, 0.2) is 0 Å². The van der Waals surface area contributed by atoms with Gasteiger partial charge in [0.25, 0.3) is 0 Å². The SMILES string of the molecule is c1ccc(-c2cc3[nH]c4ccccc4c3c3ccc4c5ccccc5ccc4c23)cc1. The van der Waals surface area contributed by atoms with Gasteiger partial charge in [0.2, 0.25) is 0 Å². The van der Waals surface area contributed by atoms with E-state index in [1.807, 2.05) is 0 Å². The lowest BCUT2D eigenvalue weighted by Gasteiger charge is -2.14. The van der Waals surface area contributed by atoms with Crippen molar-refractivity contribution in [2.24, 2.45) is 0 Å². The molecule has 1 aromatic heterocycles. The molecule has 0 atom stereocenters. The molecule has 0 saturated heterocycles. The van der Waals surface area contributed by atoms with Gasteiger partial charge in [0, 0.05) is 21.8 Å². The minimum absolute atomic E-state index is 1.18. The van der Waals surface area contributed by atoms with Crippen LogP contribution in [0.1, 0.15) is 0 Å². The van der Waals surface area contributed by atoms with Crippen LogP contribution in [-0.2, 0) is 0 Å². The molecule has 0 unspecified atom stereocenters. The van der Waals surface area contributed by atoms with Crippen LogP contribution in [0.15, 0.2) is 109 Å². The molecule has 1 nitrogen and oxygen atoms in total. The van der Waals surface area contributed by atoms with E-state index >= 15 is 0 Å². The van der Waals surface area contributed by atoms with E-state index < -0.39 is 0 Å². The lowest BCUT2D eigenvalue weighted by Crippen LogP contribution is -1.87. The lowest BCUT2D eigenvalue weighted by molar-refractivity contribution is 1.55. The predicted octanol–water partition coefficient (Wildman–Crippen LogP) is 8.45. The zero-order valence-electron chi connectivity index (χ0n) is 16.9. The molecule has 0 aliphatic rings. The number of hydrogen-bond donors (Lipinski definition) is 1. The van der Waals surface area contributed by atoms with E-state index in [1.165, 1.54) is 65.3 Å². The summed E-state index contributed by atoms with van der Waals surface area (Å²) in [5, 5.41) is 10.4. The molecule has 6 aromatic carbocycles. The van der Waals surface area contributed by atoms with Crippen molar-refractivity contribution < 1.29 is 0 Å². The van der Waals surface area contributed by atoms with Crippen LogP contribution in [0.2, 0.25) is 0 Å². The van der Waals surface area contributed by atoms with Crippen molar-refractivity contribution in [2.75, 3.05) is 0 Å². The second-order valence-electron chi connectivity index (χ2n) is 8.25. The van der Waals surface area contributed by atoms with Gasteiger partial charge in [0.05, 0.1) is 0 Å². The van der Waals surface area contributed by atoms with Gasteiger partial charge in [-0.1, -0.05) is 97.1 Å². The fourth-order valence-corrected chi connectivity index (χ4v) is 5.21. The molecule has 144 valence electrons. The van der Waals surface area contributed by atoms with Crippen LogP contribution in [0.25, 0.3) is 65.3 Å². The number of hydrogen-bond acceptors (Lipinski definition) is 0. The second kappa shape index (κ2) is 6.20. The Morgan fingerprint density at radius 3 is 2.03 bits per heavy atom. The second-order valence-corrected chi connectivity index (χ2v) is 8.25. The number of fused-ring (bicyclic) bond motifs is 9. The van der Waals surface area contributed by atoms with Crippen LogP contribution < -0.4 is 0 Å². The molecule has 0 aliphatic carbocycles. The highest BCUT2D eigenvalue weighted by Gasteiger charge is 2.16. The number of aromatic amines is 1. The first-order chi connectivity index (χ1) is 15.4. The highest BCUT2D eigenvalue weighted by Crippen LogP contribution is 2.42. The van der Waals surface area contributed by atoms with E-state index in [0.29, 0.717) is 0 Å². The molecule has 0 amide bonds. The van der Waals surface area contributed by atoms with Crippen LogP contribution in [0.3, 0.4) is 0 Å². The van der Waals surface area contributed by atoms with Crippen LogP contribution in [0.4, 0.5) is 0 Å². The minimum Gasteiger partial charge on any atom is -0.354 e. The Hall–Kier alpha value is -4.10. The van der Waals surface area contributed by atoms with Crippen molar-refractivity contribution in [3.05, 3.63) is 109 Å². The van der Waals surface area contributed by atoms with Gasteiger partial charge in [-0.05, 0) is 55.6 Å². The van der Waals surface area contributed by atoms with E-state index in [1.54, 1.807) is 0 Å². The summed E-state index contributed by atoms with van der Waals surface area (Å²) < 4.78 is 0. The molecule has 1 heterocycles. The molecule has 0 aliphatic heterocycles. The third-order valence-electron chi connectivity index (χ3n) is 6.57. The van der Waals surface area contributed by atoms with E-state index in [0.717, 1.165) is 0 Å². The first kappa shape index (κ1) is 16.7. The number of H-pyrrole nitrogens is 1. The van der Waals surface area contributed by atoms with Crippen LogP contribution >= 0.6 is 0 Å². The van der Waals surface area contributed by atoms with Crippen LogP contribution in [0.5, 0.6) is 0 Å². The zero-order chi connectivity index (χ0) is 20.4. The molecule has 1 N–H and O–H groups in total. The van der Waals surface area contributed by atoms with Gasteiger partial charge in [-0.2, -0.15) is 0 Å². The highest BCUT2D eigenvalue weighted by atomic mass is 14.7. The molecule has 0 spiro atoms. The van der Waals surface area contributed by atoms with E-state index in [2.05, 4.69) is 114 Å². The number of aromatic nitrogens is 1. The average molecular weight is 393 g/mol. The van der Waals surface area contributed by atoms with Crippen molar-refractivity contribution in [3.8, 4) is 11.1 Å². The smallest absolute Gasteiger partial charge is 0.0477 e. The van der Waals surface area contributed by atoms with Crippen LogP contribution in [0, 0.1) is 0 Å². The topological polar surface area (TPSA) is 15.8 Å². The Balaban J connectivity index is 1.77. The number of benzene rings is 6. The summed E-state index contributed by atoms with van der Waals surface area (Å²) >= 11 is 0. The maximum absolute atomic E-state index is 3.66. The summed E-state index contributed by atoms with van der Waals surface area (Å²) in [6.07, 6.45) is 0. The molecule has 31 heavy (non-hydrogen) atoms. The Bertz CT molecular complexity index is 1770. The predicted molar refractivity (Wildman–Crippen MR) is 134 cm³/mol. The summed E-state index contributed by atoms with van der Waals surface area (Å²) in [6, 6.07) is 39.5. The van der Waals surface area contributed by atoms with Gasteiger partial charge in [-0.3, -0.25) is 0 Å². The Morgan fingerprint density at radius 1 is 0.419 bits per heavy atom. The molecule has 0 fully saturated rings. The number of rotatable bonds is 1. The molecular weight excluding hydrogens is 374 g/mol. The number of nitrogens with one attached hydrogen (secondary N) is 1. The Kier molecular flexibility index (Phi) is 3.33. The highest BCUT2D eigenvalue weighted by molar-refractivity contribution is 6.30. The fourth-order valence-electron chi connectivity index (χ4n) is 5.21. The largest absolute Gasteiger partial charge is 0.354 e. The molecule has 0 saturated carbocycles. The minimum atomic E-state index is 1.18. The van der Waals surface area contributed by atoms with Crippen molar-refractivity contribution in [1.82, 2.24) is 4.98 Å². The Morgan fingerprint density at radius 2 is 1.13 bits per heavy atom. The molecule has 7 aromatic rings. The molecule has 1 heteroatoms. The first-order valence-corrected chi connectivity index (χ1v) is 10.7. The van der Waals surface area contributed by atoms with Crippen LogP contribution in [-0.4, -0.2) is 4.98 Å². The van der Waals surface area contributed by atoms with Gasteiger partial charge >= 0.3 is 0 Å². The third kappa shape index (κ3) is 2.32. The van der Waals surface area contributed by atoms with Gasteiger partial charge in [0.1, 0.15) is 0 Å².